The summed E-state index contributed by atoms with van der Waals surface area (Å²) >= 11 is 0. The van der Waals surface area contributed by atoms with Gasteiger partial charge in [0.15, 0.2) is 0 Å². The molecule has 9 heteroatoms. The average Bonchev–Trinajstić information content (AvgIpc) is 2.69. The molecule has 1 saturated heterocycles. The summed E-state index contributed by atoms with van der Waals surface area (Å²) in [5.41, 5.74) is 0.00363. The van der Waals surface area contributed by atoms with Gasteiger partial charge in [0.05, 0.1) is 5.56 Å². The number of nitrogens with one attached hydrogen (secondary N) is 3. The van der Waals surface area contributed by atoms with Gasteiger partial charge >= 0.3 is 12.2 Å². The number of halogens is 3. The molecule has 1 fully saturated rings. The van der Waals surface area contributed by atoms with Crippen LogP contribution in [0.2, 0.25) is 0 Å². The van der Waals surface area contributed by atoms with E-state index in [-0.39, 0.29) is 17.3 Å². The summed E-state index contributed by atoms with van der Waals surface area (Å²) in [6, 6.07) is 10.3. The molecule has 3 rings (SSSR count). The van der Waals surface area contributed by atoms with Gasteiger partial charge < -0.3 is 20.9 Å². The number of piperazine rings is 1. The van der Waals surface area contributed by atoms with Crippen molar-refractivity contribution >= 4 is 23.3 Å². The molecule has 28 heavy (non-hydrogen) atoms. The average molecular weight is 392 g/mol. The summed E-state index contributed by atoms with van der Waals surface area (Å²) in [4.78, 5) is 26.1. The van der Waals surface area contributed by atoms with E-state index in [9.17, 15) is 22.8 Å². The lowest BCUT2D eigenvalue weighted by Crippen LogP contribution is -2.48. The van der Waals surface area contributed by atoms with E-state index in [0.29, 0.717) is 18.8 Å². The van der Waals surface area contributed by atoms with Gasteiger partial charge in [-0.15, -0.1) is 0 Å². The Morgan fingerprint density at radius 2 is 1.61 bits per heavy atom. The summed E-state index contributed by atoms with van der Waals surface area (Å²) < 4.78 is 38.3. The van der Waals surface area contributed by atoms with Crippen molar-refractivity contribution in [1.82, 2.24) is 10.2 Å². The van der Waals surface area contributed by atoms with Gasteiger partial charge in [0.25, 0.3) is 5.91 Å². The molecular formula is C19H19F3N4O2. The van der Waals surface area contributed by atoms with Crippen LogP contribution >= 0.6 is 0 Å². The van der Waals surface area contributed by atoms with Crippen LogP contribution in [0.15, 0.2) is 48.5 Å². The number of nitrogens with zero attached hydrogens (tertiary/aromatic N) is 1. The zero-order valence-corrected chi connectivity index (χ0v) is 14.8. The van der Waals surface area contributed by atoms with Gasteiger partial charge in [0.1, 0.15) is 0 Å². The molecule has 0 bridgehead atoms. The van der Waals surface area contributed by atoms with Gasteiger partial charge in [-0.05, 0) is 42.5 Å². The molecule has 3 amide bonds. The highest BCUT2D eigenvalue weighted by Gasteiger charge is 2.30. The number of amides is 3. The third-order valence-electron chi connectivity index (χ3n) is 4.25. The normalized spacial score (nSPS) is 14.5. The molecule has 1 aliphatic heterocycles. The molecule has 0 atom stereocenters. The van der Waals surface area contributed by atoms with E-state index in [1.54, 1.807) is 17.0 Å². The van der Waals surface area contributed by atoms with Crippen molar-refractivity contribution in [1.29, 1.82) is 0 Å². The fraction of sp³-hybridized carbons (Fsp3) is 0.263. The van der Waals surface area contributed by atoms with Crippen molar-refractivity contribution in [2.24, 2.45) is 0 Å². The fourth-order valence-electron chi connectivity index (χ4n) is 2.75. The second kappa shape index (κ2) is 8.30. The molecule has 2 aromatic rings. The maximum absolute atomic E-state index is 12.8. The topological polar surface area (TPSA) is 73.5 Å². The standard InChI is InChI=1S/C19H19F3N4O2/c20-19(21,22)14-2-1-3-16(12-14)24-17(27)13-4-6-15(7-5-13)25-18(28)26-10-8-23-9-11-26/h1-7,12,23H,8-11H2,(H,24,27)(H,25,28). The molecule has 148 valence electrons. The van der Waals surface area contributed by atoms with E-state index in [1.807, 2.05) is 0 Å². The first kappa shape index (κ1) is 19.7. The zero-order valence-electron chi connectivity index (χ0n) is 14.8. The molecule has 0 unspecified atom stereocenters. The highest BCUT2D eigenvalue weighted by Crippen LogP contribution is 2.30. The molecule has 0 radical (unpaired) electrons. The Morgan fingerprint density at radius 1 is 0.929 bits per heavy atom. The van der Waals surface area contributed by atoms with Crippen molar-refractivity contribution in [3.8, 4) is 0 Å². The minimum Gasteiger partial charge on any atom is -0.322 e. The Bertz CT molecular complexity index is 847. The molecule has 0 spiro atoms. The second-order valence-corrected chi connectivity index (χ2v) is 6.28. The van der Waals surface area contributed by atoms with Gasteiger partial charge in [-0.2, -0.15) is 13.2 Å². The number of hydrogen-bond acceptors (Lipinski definition) is 3. The number of rotatable bonds is 3. The first-order chi connectivity index (χ1) is 13.3. The molecule has 1 heterocycles. The maximum Gasteiger partial charge on any atom is 0.416 e. The van der Waals surface area contributed by atoms with Crippen molar-refractivity contribution < 1.29 is 22.8 Å². The second-order valence-electron chi connectivity index (χ2n) is 6.28. The number of benzene rings is 2. The third kappa shape index (κ3) is 5.01. The largest absolute Gasteiger partial charge is 0.416 e. The highest BCUT2D eigenvalue weighted by atomic mass is 19.4. The summed E-state index contributed by atoms with van der Waals surface area (Å²) in [5.74, 6) is -0.542. The molecule has 2 aromatic carbocycles. The van der Waals surface area contributed by atoms with Crippen LogP contribution in [0, 0.1) is 0 Å². The first-order valence-electron chi connectivity index (χ1n) is 8.68. The molecule has 3 N–H and O–H groups in total. The SMILES string of the molecule is O=C(Nc1cccc(C(F)(F)F)c1)c1ccc(NC(=O)N2CCNCC2)cc1. The molecule has 0 saturated carbocycles. The van der Waals surface area contributed by atoms with Crippen LogP contribution < -0.4 is 16.0 Å². The molecule has 0 aromatic heterocycles. The summed E-state index contributed by atoms with van der Waals surface area (Å²) in [6.45, 7) is 2.71. The van der Waals surface area contributed by atoms with Crippen LogP contribution in [-0.2, 0) is 6.18 Å². The predicted octanol–water partition coefficient (Wildman–Crippen LogP) is 3.39. The van der Waals surface area contributed by atoms with Gasteiger partial charge in [0.2, 0.25) is 0 Å². The summed E-state index contributed by atoms with van der Waals surface area (Å²) in [6.07, 6.45) is -4.48. The van der Waals surface area contributed by atoms with Crippen molar-refractivity contribution in [3.63, 3.8) is 0 Å². The molecule has 0 aliphatic carbocycles. The monoisotopic (exact) mass is 392 g/mol. The van der Waals surface area contributed by atoms with Crippen LogP contribution in [0.25, 0.3) is 0 Å². The Labute approximate surface area is 159 Å². The number of hydrogen-bond donors (Lipinski definition) is 3. The minimum absolute atomic E-state index is 0.0518. The smallest absolute Gasteiger partial charge is 0.322 e. The minimum atomic E-state index is -4.48. The van der Waals surface area contributed by atoms with Crippen molar-refractivity contribution in [2.45, 2.75) is 6.18 Å². The van der Waals surface area contributed by atoms with Crippen LogP contribution in [0.4, 0.5) is 29.3 Å². The molecule has 6 nitrogen and oxygen atoms in total. The van der Waals surface area contributed by atoms with E-state index >= 15 is 0 Å². The van der Waals surface area contributed by atoms with Crippen LogP contribution in [-0.4, -0.2) is 43.0 Å². The van der Waals surface area contributed by atoms with Gasteiger partial charge in [0, 0.05) is 43.1 Å². The Balaban J connectivity index is 1.61. The quantitative estimate of drug-likeness (QED) is 0.750. The summed E-state index contributed by atoms with van der Waals surface area (Å²) in [5, 5.41) is 8.35. The third-order valence-corrected chi connectivity index (χ3v) is 4.25. The maximum atomic E-state index is 12.8. The number of carbonyl (C=O) groups excluding carboxylic acids is 2. The van der Waals surface area contributed by atoms with Crippen LogP contribution in [0.5, 0.6) is 0 Å². The van der Waals surface area contributed by atoms with E-state index in [4.69, 9.17) is 0 Å². The van der Waals surface area contributed by atoms with Gasteiger partial charge in [-0.1, -0.05) is 6.07 Å². The van der Waals surface area contributed by atoms with Crippen LogP contribution in [0.3, 0.4) is 0 Å². The summed E-state index contributed by atoms with van der Waals surface area (Å²) in [7, 11) is 0. The number of alkyl halides is 3. The lowest BCUT2D eigenvalue weighted by atomic mass is 10.1. The van der Waals surface area contributed by atoms with Gasteiger partial charge in [-0.25, -0.2) is 4.79 Å². The Kier molecular flexibility index (Phi) is 5.84. The lowest BCUT2D eigenvalue weighted by Gasteiger charge is -2.27. The highest BCUT2D eigenvalue weighted by molar-refractivity contribution is 6.04. The van der Waals surface area contributed by atoms with E-state index in [0.717, 1.165) is 25.2 Å². The zero-order chi connectivity index (χ0) is 20.1. The Hall–Kier alpha value is -3.07. The molecule has 1 aliphatic rings. The first-order valence-corrected chi connectivity index (χ1v) is 8.68. The number of urea groups is 1. The number of anilines is 2. The van der Waals surface area contributed by atoms with E-state index in [1.165, 1.54) is 24.3 Å². The molecular weight excluding hydrogens is 373 g/mol. The Morgan fingerprint density at radius 3 is 2.25 bits per heavy atom. The van der Waals surface area contributed by atoms with E-state index < -0.39 is 17.6 Å². The van der Waals surface area contributed by atoms with Crippen molar-refractivity contribution in [2.75, 3.05) is 36.8 Å². The lowest BCUT2D eigenvalue weighted by molar-refractivity contribution is -0.137. The van der Waals surface area contributed by atoms with Crippen LogP contribution in [0.1, 0.15) is 15.9 Å². The van der Waals surface area contributed by atoms with E-state index in [2.05, 4.69) is 16.0 Å². The predicted molar refractivity (Wildman–Crippen MR) is 99.3 cm³/mol. The fourth-order valence-corrected chi connectivity index (χ4v) is 2.75. The van der Waals surface area contributed by atoms with Crippen molar-refractivity contribution in [3.05, 3.63) is 59.7 Å². The number of carbonyl (C=O) groups is 2. The van der Waals surface area contributed by atoms with Gasteiger partial charge in [-0.3, -0.25) is 4.79 Å².